The van der Waals surface area contributed by atoms with Gasteiger partial charge < -0.3 is 20.7 Å². The van der Waals surface area contributed by atoms with Crippen LogP contribution in [-0.4, -0.2) is 29.6 Å². The minimum atomic E-state index is -0.485. The number of ether oxygens (including phenoxy) is 1. The van der Waals surface area contributed by atoms with Crippen molar-refractivity contribution in [1.29, 1.82) is 0 Å². The Kier molecular flexibility index (Phi) is 10.8. The first kappa shape index (κ1) is 31.1. The van der Waals surface area contributed by atoms with E-state index in [-0.39, 0.29) is 16.9 Å². The van der Waals surface area contributed by atoms with Crippen LogP contribution in [0, 0.1) is 13.8 Å². The highest BCUT2D eigenvalue weighted by Gasteiger charge is 2.18. The van der Waals surface area contributed by atoms with Gasteiger partial charge in [0.15, 0.2) is 0 Å². The number of hydrogen-bond donors (Lipinski definition) is 3. The van der Waals surface area contributed by atoms with Gasteiger partial charge in [-0.2, -0.15) is 0 Å². The molecule has 0 saturated carbocycles. The molecule has 1 atom stereocenters. The molecule has 0 bridgehead atoms. The molecule has 7 nitrogen and oxygen atoms in total. The number of benzene rings is 4. The van der Waals surface area contributed by atoms with Crippen LogP contribution >= 0.6 is 11.8 Å². The molecule has 0 fully saturated rings. The lowest BCUT2D eigenvalue weighted by molar-refractivity contribution is -0.115. The van der Waals surface area contributed by atoms with Gasteiger partial charge in [0.2, 0.25) is 5.91 Å². The molecule has 3 N–H and O–H groups in total. The van der Waals surface area contributed by atoms with E-state index in [1.807, 2.05) is 82.3 Å². The molecule has 220 valence electrons. The van der Waals surface area contributed by atoms with Gasteiger partial charge in [0.25, 0.3) is 11.8 Å². The number of thioether (sulfide) groups is 1. The number of amides is 3. The molecule has 0 aliphatic carbocycles. The van der Waals surface area contributed by atoms with Crippen molar-refractivity contribution in [1.82, 2.24) is 5.32 Å². The van der Waals surface area contributed by atoms with E-state index in [1.54, 1.807) is 42.5 Å². The molecule has 0 aromatic heterocycles. The molecule has 4 aromatic rings. The second kappa shape index (κ2) is 14.9. The molecule has 0 heterocycles. The van der Waals surface area contributed by atoms with E-state index in [9.17, 15) is 14.4 Å². The van der Waals surface area contributed by atoms with Crippen molar-refractivity contribution in [3.8, 4) is 5.75 Å². The highest BCUT2D eigenvalue weighted by atomic mass is 32.2. The Hall–Kier alpha value is -4.82. The van der Waals surface area contributed by atoms with Gasteiger partial charge in [0.1, 0.15) is 11.4 Å². The first-order chi connectivity index (χ1) is 20.7. The van der Waals surface area contributed by atoms with Gasteiger partial charge in [-0.25, -0.2) is 0 Å². The molecule has 1 unspecified atom stereocenters. The number of carbonyl (C=O) groups is 3. The number of aryl methyl sites for hydroxylation is 2. The molecule has 43 heavy (non-hydrogen) atoms. The molecular weight excluding hydrogens is 558 g/mol. The summed E-state index contributed by atoms with van der Waals surface area (Å²) in [6.07, 6.45) is 1.62. The predicted octanol–water partition coefficient (Wildman–Crippen LogP) is 7.23. The Morgan fingerprint density at radius 2 is 1.51 bits per heavy atom. The summed E-state index contributed by atoms with van der Waals surface area (Å²) in [5, 5.41) is 8.24. The molecule has 8 heteroatoms. The summed E-state index contributed by atoms with van der Waals surface area (Å²) in [5.41, 5.74) is 4.68. The van der Waals surface area contributed by atoms with E-state index in [2.05, 4.69) is 22.0 Å². The first-order valence-corrected chi connectivity index (χ1v) is 14.9. The summed E-state index contributed by atoms with van der Waals surface area (Å²) in [5.74, 6) is -0.291. The minimum Gasteiger partial charge on any atom is -0.494 e. The maximum absolute atomic E-state index is 13.5. The molecule has 0 aliphatic heterocycles. The monoisotopic (exact) mass is 593 g/mol. The SMILES string of the molecule is CCOc1ccc(/C=C(/NC(=O)c2ccccc2)C(=O)Nc2cccc(SC(C)C(=O)Nc3cc(C)cc(C)c3)c2)cc1. The van der Waals surface area contributed by atoms with E-state index in [0.717, 1.165) is 27.3 Å². The average molecular weight is 594 g/mol. The van der Waals surface area contributed by atoms with Crippen molar-refractivity contribution in [2.45, 2.75) is 37.8 Å². The standard InChI is InChI=1S/C35H35N3O4S/c1-5-42-30-16-14-26(15-17-30)21-32(38-34(40)27-10-7-6-8-11-27)35(41)36-28-12-9-13-31(22-28)43-25(4)33(39)37-29-19-23(2)18-24(3)20-29/h6-22,25H,5H2,1-4H3,(H,36,41)(H,37,39)(H,38,40)/b32-21+. The average Bonchev–Trinajstić information content (AvgIpc) is 2.98. The summed E-state index contributed by atoms with van der Waals surface area (Å²) in [6.45, 7) is 8.28. The number of carbonyl (C=O) groups excluding carboxylic acids is 3. The van der Waals surface area contributed by atoms with Gasteiger partial charge in [-0.1, -0.05) is 42.5 Å². The molecular formula is C35H35N3O4S. The maximum atomic E-state index is 13.5. The molecule has 0 aliphatic rings. The van der Waals surface area contributed by atoms with Crippen LogP contribution in [-0.2, 0) is 9.59 Å². The second-order valence-corrected chi connectivity index (χ2v) is 11.4. The Labute approximate surface area is 256 Å². The van der Waals surface area contributed by atoms with Crippen LogP contribution < -0.4 is 20.7 Å². The van der Waals surface area contributed by atoms with Gasteiger partial charge in [-0.3, -0.25) is 14.4 Å². The third-order valence-electron chi connectivity index (χ3n) is 6.29. The molecule has 0 radical (unpaired) electrons. The Morgan fingerprint density at radius 3 is 2.19 bits per heavy atom. The largest absolute Gasteiger partial charge is 0.494 e. The lowest BCUT2D eigenvalue weighted by Gasteiger charge is -2.15. The smallest absolute Gasteiger partial charge is 0.272 e. The van der Waals surface area contributed by atoms with Gasteiger partial charge in [0, 0.05) is 21.8 Å². The highest BCUT2D eigenvalue weighted by Crippen LogP contribution is 2.27. The summed E-state index contributed by atoms with van der Waals surface area (Å²) in [4.78, 5) is 40.1. The molecule has 3 amide bonds. The normalized spacial score (nSPS) is 11.8. The van der Waals surface area contributed by atoms with Gasteiger partial charge in [0.05, 0.1) is 11.9 Å². The summed E-state index contributed by atoms with van der Waals surface area (Å²) in [6, 6.07) is 29.1. The van der Waals surface area contributed by atoms with Crippen molar-refractivity contribution in [3.05, 3.63) is 125 Å². The van der Waals surface area contributed by atoms with Crippen molar-refractivity contribution in [3.63, 3.8) is 0 Å². The van der Waals surface area contributed by atoms with Crippen LogP contribution in [0.5, 0.6) is 5.75 Å². The maximum Gasteiger partial charge on any atom is 0.272 e. The third kappa shape index (κ3) is 9.34. The number of nitrogens with one attached hydrogen (secondary N) is 3. The van der Waals surface area contributed by atoms with E-state index < -0.39 is 11.8 Å². The topological polar surface area (TPSA) is 96.5 Å². The number of anilines is 2. The zero-order chi connectivity index (χ0) is 30.8. The minimum absolute atomic E-state index is 0.0808. The fourth-order valence-corrected chi connectivity index (χ4v) is 5.26. The van der Waals surface area contributed by atoms with Crippen LogP contribution in [0.1, 0.15) is 40.9 Å². The van der Waals surface area contributed by atoms with Gasteiger partial charge >= 0.3 is 0 Å². The summed E-state index contributed by atoms with van der Waals surface area (Å²) >= 11 is 1.39. The zero-order valence-electron chi connectivity index (χ0n) is 24.6. The van der Waals surface area contributed by atoms with E-state index in [4.69, 9.17) is 4.74 Å². The lowest BCUT2D eigenvalue weighted by Crippen LogP contribution is -2.30. The van der Waals surface area contributed by atoms with Crippen molar-refractivity contribution >= 4 is 46.9 Å². The highest BCUT2D eigenvalue weighted by molar-refractivity contribution is 8.00. The second-order valence-electron chi connectivity index (χ2n) is 9.99. The van der Waals surface area contributed by atoms with Crippen molar-refractivity contribution in [2.75, 3.05) is 17.2 Å². The van der Waals surface area contributed by atoms with Crippen LogP contribution in [0.4, 0.5) is 11.4 Å². The number of hydrogen-bond acceptors (Lipinski definition) is 5. The lowest BCUT2D eigenvalue weighted by atomic mass is 10.1. The molecule has 0 saturated heterocycles. The van der Waals surface area contributed by atoms with Crippen molar-refractivity contribution in [2.24, 2.45) is 0 Å². The quantitative estimate of drug-likeness (QED) is 0.126. The first-order valence-electron chi connectivity index (χ1n) is 14.0. The summed E-state index contributed by atoms with van der Waals surface area (Å²) in [7, 11) is 0. The van der Waals surface area contributed by atoms with Crippen LogP contribution in [0.15, 0.2) is 108 Å². The molecule has 0 spiro atoms. The zero-order valence-corrected chi connectivity index (χ0v) is 25.5. The fraction of sp³-hybridized carbons (Fsp3) is 0.171. The Morgan fingerprint density at radius 1 is 0.814 bits per heavy atom. The van der Waals surface area contributed by atoms with Crippen LogP contribution in [0.3, 0.4) is 0 Å². The van der Waals surface area contributed by atoms with E-state index in [0.29, 0.717) is 23.6 Å². The van der Waals surface area contributed by atoms with E-state index >= 15 is 0 Å². The van der Waals surface area contributed by atoms with Crippen LogP contribution in [0.2, 0.25) is 0 Å². The molecule has 4 rings (SSSR count). The molecule has 4 aromatic carbocycles. The fourth-order valence-electron chi connectivity index (χ4n) is 4.33. The Balaban J connectivity index is 1.48. The Bertz CT molecular complexity index is 1600. The van der Waals surface area contributed by atoms with Gasteiger partial charge in [-0.05, 0) is 105 Å². The van der Waals surface area contributed by atoms with Crippen molar-refractivity contribution < 1.29 is 19.1 Å². The number of rotatable bonds is 11. The van der Waals surface area contributed by atoms with Crippen LogP contribution in [0.25, 0.3) is 6.08 Å². The third-order valence-corrected chi connectivity index (χ3v) is 7.39. The van der Waals surface area contributed by atoms with Gasteiger partial charge in [-0.15, -0.1) is 11.8 Å². The van der Waals surface area contributed by atoms with E-state index in [1.165, 1.54) is 11.8 Å². The predicted molar refractivity (Wildman–Crippen MR) is 174 cm³/mol. The summed E-state index contributed by atoms with van der Waals surface area (Å²) < 4.78 is 5.51.